The molecule has 11 heteroatoms. The number of esters is 1. The first-order valence-electron chi connectivity index (χ1n) is 11.5. The van der Waals surface area contributed by atoms with E-state index in [2.05, 4.69) is 20.4 Å². The molecule has 0 aliphatic carbocycles. The zero-order chi connectivity index (χ0) is 26.3. The lowest BCUT2D eigenvalue weighted by molar-refractivity contribution is -0.118. The quantitative estimate of drug-likeness (QED) is 0.388. The van der Waals surface area contributed by atoms with E-state index in [1.54, 1.807) is 12.1 Å². The molecule has 2 amide bonds. The molecule has 2 aromatic rings. The van der Waals surface area contributed by atoms with Gasteiger partial charge in [-0.05, 0) is 63.2 Å². The normalized spacial score (nSPS) is 14.1. The number of phenolic OH excluding ortho intramolecular Hbond substituents is 1. The summed E-state index contributed by atoms with van der Waals surface area (Å²) in [7, 11) is 1.25. The molecule has 0 bridgehead atoms. The zero-order valence-corrected chi connectivity index (χ0v) is 20.9. The number of nitrogens with zero attached hydrogens (tertiary/aromatic N) is 2. The number of aromatic hydroxyl groups is 1. The summed E-state index contributed by atoms with van der Waals surface area (Å²) in [6, 6.07) is 11.4. The van der Waals surface area contributed by atoms with Crippen LogP contribution in [0.1, 0.15) is 31.1 Å². The molecule has 3 N–H and O–H groups in total. The number of piperazine rings is 1. The van der Waals surface area contributed by atoms with Crippen LogP contribution in [0.3, 0.4) is 0 Å². The van der Waals surface area contributed by atoms with E-state index >= 15 is 0 Å². The highest BCUT2D eigenvalue weighted by atomic mass is 16.6. The summed E-state index contributed by atoms with van der Waals surface area (Å²) in [5.74, 6) is -0.749. The van der Waals surface area contributed by atoms with Gasteiger partial charge in [-0.25, -0.2) is 14.6 Å². The highest BCUT2D eigenvalue weighted by Gasteiger charge is 2.22. The average Bonchev–Trinajstić information content (AvgIpc) is 2.83. The Morgan fingerprint density at radius 3 is 2.28 bits per heavy atom. The van der Waals surface area contributed by atoms with Crippen molar-refractivity contribution in [3.05, 3.63) is 48.0 Å². The maximum absolute atomic E-state index is 12.3. The van der Waals surface area contributed by atoms with Gasteiger partial charge in [0.2, 0.25) is 0 Å². The van der Waals surface area contributed by atoms with E-state index in [1.807, 2.05) is 37.9 Å². The molecule has 2 aromatic carbocycles. The summed E-state index contributed by atoms with van der Waals surface area (Å²) in [4.78, 5) is 38.0. The lowest BCUT2D eigenvalue weighted by Crippen LogP contribution is -2.54. The van der Waals surface area contributed by atoms with Gasteiger partial charge >= 0.3 is 12.1 Å². The van der Waals surface area contributed by atoms with Crippen molar-refractivity contribution >= 4 is 29.3 Å². The van der Waals surface area contributed by atoms with E-state index in [4.69, 9.17) is 9.47 Å². The average molecular weight is 501 g/mol. The molecule has 1 fully saturated rings. The molecular weight excluding hydrogens is 468 g/mol. The number of anilines is 2. The predicted molar refractivity (Wildman–Crippen MR) is 133 cm³/mol. The Morgan fingerprint density at radius 1 is 1.00 bits per heavy atom. The Hall–Kier alpha value is -3.99. The van der Waals surface area contributed by atoms with Gasteiger partial charge in [0.1, 0.15) is 17.1 Å². The third-order valence-electron chi connectivity index (χ3n) is 5.19. The number of ether oxygens (including phenoxy) is 3. The first kappa shape index (κ1) is 26.6. The van der Waals surface area contributed by atoms with Gasteiger partial charge in [-0.1, -0.05) is 0 Å². The molecule has 3 rings (SSSR count). The Morgan fingerprint density at radius 2 is 1.67 bits per heavy atom. The molecule has 1 aliphatic rings. The van der Waals surface area contributed by atoms with Crippen LogP contribution in [-0.2, 0) is 14.3 Å². The lowest BCUT2D eigenvalue weighted by Gasteiger charge is -2.36. The van der Waals surface area contributed by atoms with Crippen molar-refractivity contribution in [2.75, 3.05) is 50.1 Å². The minimum Gasteiger partial charge on any atom is -0.506 e. The molecule has 1 aliphatic heterocycles. The van der Waals surface area contributed by atoms with Crippen LogP contribution in [0.4, 0.5) is 16.2 Å². The molecule has 0 unspecified atom stereocenters. The SMILES string of the molecule is COC(=O)c1ccc(O)c(NC(=O)COc2ccc(N3CCN(NC(=O)OC(C)(C)C)CC3)cc2)c1. The highest BCUT2D eigenvalue weighted by Crippen LogP contribution is 2.25. The van der Waals surface area contributed by atoms with Gasteiger partial charge in [0.25, 0.3) is 5.91 Å². The number of amides is 2. The summed E-state index contributed by atoms with van der Waals surface area (Å²) in [5, 5.41) is 14.3. The van der Waals surface area contributed by atoms with E-state index in [0.29, 0.717) is 31.9 Å². The van der Waals surface area contributed by atoms with Crippen molar-refractivity contribution in [1.82, 2.24) is 10.4 Å². The maximum atomic E-state index is 12.3. The van der Waals surface area contributed by atoms with E-state index in [1.165, 1.54) is 25.3 Å². The van der Waals surface area contributed by atoms with Crippen molar-refractivity contribution in [3.8, 4) is 11.5 Å². The molecule has 0 saturated carbocycles. The van der Waals surface area contributed by atoms with Crippen LogP contribution in [-0.4, -0.2) is 73.6 Å². The van der Waals surface area contributed by atoms with Crippen molar-refractivity contribution < 1.29 is 33.7 Å². The van der Waals surface area contributed by atoms with Crippen LogP contribution in [0.15, 0.2) is 42.5 Å². The molecule has 0 spiro atoms. The van der Waals surface area contributed by atoms with Crippen LogP contribution >= 0.6 is 0 Å². The Labute approximate surface area is 209 Å². The van der Waals surface area contributed by atoms with Crippen molar-refractivity contribution in [2.45, 2.75) is 26.4 Å². The van der Waals surface area contributed by atoms with Gasteiger partial charge in [0.05, 0.1) is 18.4 Å². The first-order chi connectivity index (χ1) is 17.0. The maximum Gasteiger partial charge on any atom is 0.422 e. The van der Waals surface area contributed by atoms with Crippen molar-refractivity contribution in [2.24, 2.45) is 0 Å². The largest absolute Gasteiger partial charge is 0.506 e. The third-order valence-corrected chi connectivity index (χ3v) is 5.19. The highest BCUT2D eigenvalue weighted by molar-refractivity contribution is 5.96. The number of phenols is 1. The van der Waals surface area contributed by atoms with Gasteiger partial charge < -0.3 is 29.5 Å². The minimum absolute atomic E-state index is 0.0853. The molecule has 0 radical (unpaired) electrons. The van der Waals surface area contributed by atoms with Crippen LogP contribution in [0.25, 0.3) is 0 Å². The fraction of sp³-hybridized carbons (Fsp3) is 0.400. The van der Waals surface area contributed by atoms with E-state index in [9.17, 15) is 19.5 Å². The predicted octanol–water partition coefficient (Wildman–Crippen LogP) is 2.76. The van der Waals surface area contributed by atoms with Gasteiger partial charge in [-0.3, -0.25) is 10.2 Å². The topological polar surface area (TPSA) is 130 Å². The van der Waals surface area contributed by atoms with E-state index in [-0.39, 0.29) is 23.6 Å². The van der Waals surface area contributed by atoms with Crippen LogP contribution < -0.4 is 20.4 Å². The molecular formula is C25H32N4O7. The second-order valence-electron chi connectivity index (χ2n) is 9.14. The van der Waals surface area contributed by atoms with Gasteiger partial charge in [0.15, 0.2) is 6.61 Å². The second kappa shape index (κ2) is 11.6. The number of hydrogen-bond donors (Lipinski definition) is 3. The summed E-state index contributed by atoms with van der Waals surface area (Å²) < 4.78 is 15.5. The molecule has 11 nitrogen and oxygen atoms in total. The number of rotatable bonds is 7. The minimum atomic E-state index is -0.581. The number of nitrogens with one attached hydrogen (secondary N) is 2. The second-order valence-corrected chi connectivity index (χ2v) is 9.14. The number of carbonyl (C=O) groups is 3. The summed E-state index contributed by atoms with van der Waals surface area (Å²) in [6.45, 7) is 7.89. The smallest absolute Gasteiger partial charge is 0.422 e. The van der Waals surface area contributed by atoms with Crippen molar-refractivity contribution in [1.29, 1.82) is 0 Å². The standard InChI is InChI=1S/C25H32N4O7/c1-25(2,3)36-24(33)27-29-13-11-28(12-14-29)18-6-8-19(9-7-18)35-16-22(31)26-20-15-17(23(32)34-4)5-10-21(20)30/h5-10,15,30H,11-14,16H2,1-4H3,(H,26,31)(H,27,33). The number of hydrazine groups is 1. The Balaban J connectivity index is 1.46. The molecule has 1 saturated heterocycles. The van der Waals surface area contributed by atoms with Crippen LogP contribution in [0.2, 0.25) is 0 Å². The molecule has 1 heterocycles. The molecule has 0 atom stereocenters. The first-order valence-corrected chi connectivity index (χ1v) is 11.5. The van der Waals surface area contributed by atoms with Crippen molar-refractivity contribution in [3.63, 3.8) is 0 Å². The third kappa shape index (κ3) is 7.77. The Kier molecular flexibility index (Phi) is 8.59. The fourth-order valence-corrected chi connectivity index (χ4v) is 3.48. The zero-order valence-electron chi connectivity index (χ0n) is 20.9. The number of methoxy groups -OCH3 is 1. The monoisotopic (exact) mass is 500 g/mol. The molecule has 36 heavy (non-hydrogen) atoms. The van der Waals surface area contributed by atoms with Gasteiger partial charge in [-0.2, -0.15) is 0 Å². The molecule has 194 valence electrons. The summed E-state index contributed by atoms with van der Waals surface area (Å²) >= 11 is 0. The van der Waals surface area contributed by atoms with Crippen LogP contribution in [0.5, 0.6) is 11.5 Å². The number of carbonyl (C=O) groups excluding carboxylic acids is 3. The van der Waals surface area contributed by atoms with E-state index < -0.39 is 23.6 Å². The summed E-state index contributed by atoms with van der Waals surface area (Å²) in [5.41, 5.74) is 3.49. The van der Waals surface area contributed by atoms with E-state index in [0.717, 1.165) is 5.69 Å². The molecule has 0 aromatic heterocycles. The summed E-state index contributed by atoms with van der Waals surface area (Å²) in [6.07, 6.45) is -0.465. The number of benzene rings is 2. The fourth-order valence-electron chi connectivity index (χ4n) is 3.48. The Bertz CT molecular complexity index is 1070. The van der Waals surface area contributed by atoms with Gasteiger partial charge in [0, 0.05) is 31.9 Å². The number of hydrogen-bond acceptors (Lipinski definition) is 9. The lowest BCUT2D eigenvalue weighted by atomic mass is 10.2. The van der Waals surface area contributed by atoms with Gasteiger partial charge in [-0.15, -0.1) is 0 Å². The van der Waals surface area contributed by atoms with Crippen LogP contribution in [0, 0.1) is 0 Å².